The Morgan fingerprint density at radius 2 is 2.04 bits per heavy atom. The van der Waals surface area contributed by atoms with Gasteiger partial charge in [-0.15, -0.1) is 0 Å². The van der Waals surface area contributed by atoms with Crippen LogP contribution in [0.5, 0.6) is 0 Å². The Kier molecular flexibility index (Phi) is 5.00. The van der Waals surface area contributed by atoms with Gasteiger partial charge >= 0.3 is 0 Å². The molecule has 26 heavy (non-hydrogen) atoms. The van der Waals surface area contributed by atoms with Gasteiger partial charge in [-0.1, -0.05) is 42.8 Å². The molecule has 0 saturated carbocycles. The van der Waals surface area contributed by atoms with Gasteiger partial charge in [0.25, 0.3) is 5.91 Å². The van der Waals surface area contributed by atoms with Crippen molar-refractivity contribution in [2.45, 2.75) is 38.6 Å². The quantitative estimate of drug-likeness (QED) is 0.792. The lowest BCUT2D eigenvalue weighted by Gasteiger charge is -2.15. The third-order valence-electron chi connectivity index (χ3n) is 4.39. The van der Waals surface area contributed by atoms with Crippen molar-refractivity contribution in [3.8, 4) is 0 Å². The molecular weight excluding hydrogens is 418 g/mol. The molecule has 1 fully saturated rings. The molecule has 1 amide bonds. The molecule has 0 spiro atoms. The summed E-state index contributed by atoms with van der Waals surface area (Å²) >= 11 is 3.36. The van der Waals surface area contributed by atoms with Crippen molar-refractivity contribution in [3.63, 3.8) is 0 Å². The molecule has 0 radical (unpaired) electrons. The van der Waals surface area contributed by atoms with E-state index in [1.807, 2.05) is 32.9 Å². The third kappa shape index (κ3) is 4.17. The van der Waals surface area contributed by atoms with Crippen molar-refractivity contribution in [2.75, 3.05) is 16.8 Å². The Bertz CT molecular complexity index is 945. The largest absolute Gasteiger partial charge is 0.307 e. The van der Waals surface area contributed by atoms with E-state index in [0.717, 1.165) is 10.2 Å². The maximum absolute atomic E-state index is 12.6. The minimum atomic E-state index is -3.05. The van der Waals surface area contributed by atoms with Crippen molar-refractivity contribution in [3.05, 3.63) is 46.1 Å². The van der Waals surface area contributed by atoms with E-state index in [9.17, 15) is 13.2 Å². The summed E-state index contributed by atoms with van der Waals surface area (Å²) in [5.41, 5.74) is 1.12. The summed E-state index contributed by atoms with van der Waals surface area (Å²) in [5, 5.41) is 7.52. The molecule has 2 aromatic rings. The van der Waals surface area contributed by atoms with E-state index in [4.69, 9.17) is 0 Å². The number of hydrogen-bond acceptors (Lipinski definition) is 4. The molecule has 1 aliphatic heterocycles. The highest BCUT2D eigenvalue weighted by molar-refractivity contribution is 9.10. The number of carbonyl (C=O) groups is 1. The van der Waals surface area contributed by atoms with Crippen molar-refractivity contribution < 1.29 is 13.2 Å². The number of benzene rings is 1. The second kappa shape index (κ2) is 6.81. The first-order valence-electron chi connectivity index (χ1n) is 8.42. The maximum atomic E-state index is 12.6. The van der Waals surface area contributed by atoms with Crippen LogP contribution in [-0.4, -0.2) is 35.6 Å². The minimum absolute atomic E-state index is 0.0536. The molecule has 1 aliphatic rings. The Morgan fingerprint density at radius 1 is 1.31 bits per heavy atom. The van der Waals surface area contributed by atoms with Crippen LogP contribution < -0.4 is 5.32 Å². The highest BCUT2D eigenvalue weighted by Gasteiger charge is 2.33. The maximum Gasteiger partial charge on any atom is 0.256 e. The number of nitrogens with one attached hydrogen (secondary N) is 1. The fraction of sp³-hybridized carbons (Fsp3) is 0.444. The highest BCUT2D eigenvalue weighted by Crippen LogP contribution is 2.31. The summed E-state index contributed by atoms with van der Waals surface area (Å²) in [6.07, 6.45) is 0.507. The normalized spacial score (nSPS) is 19.5. The molecule has 1 aromatic heterocycles. The first kappa shape index (κ1) is 19.1. The topological polar surface area (TPSA) is 81.1 Å². The van der Waals surface area contributed by atoms with Gasteiger partial charge in [-0.3, -0.25) is 4.79 Å². The molecule has 1 atom stereocenters. The van der Waals surface area contributed by atoms with Crippen molar-refractivity contribution in [2.24, 2.45) is 0 Å². The Labute approximate surface area is 162 Å². The fourth-order valence-corrected chi connectivity index (χ4v) is 5.01. The van der Waals surface area contributed by atoms with Crippen LogP contribution in [0.1, 0.15) is 49.3 Å². The van der Waals surface area contributed by atoms with E-state index in [0.29, 0.717) is 17.8 Å². The number of hydrogen-bond donors (Lipinski definition) is 1. The second-order valence-corrected chi connectivity index (χ2v) is 10.8. The van der Waals surface area contributed by atoms with E-state index < -0.39 is 9.84 Å². The van der Waals surface area contributed by atoms with Crippen molar-refractivity contribution >= 4 is 37.5 Å². The monoisotopic (exact) mass is 439 g/mol. The van der Waals surface area contributed by atoms with Gasteiger partial charge in [-0.2, -0.15) is 5.10 Å². The number of amides is 1. The second-order valence-electron chi connectivity index (χ2n) is 7.63. The SMILES string of the molecule is CC(C)(C)c1cc(NC(=O)c2cccc(Br)c2)n([C@H]2CCS(=O)(=O)C2)n1. The van der Waals surface area contributed by atoms with Gasteiger partial charge in [0.15, 0.2) is 9.84 Å². The van der Waals surface area contributed by atoms with Gasteiger partial charge in [-0.25, -0.2) is 13.1 Å². The van der Waals surface area contributed by atoms with Crippen LogP contribution in [0.3, 0.4) is 0 Å². The summed E-state index contributed by atoms with van der Waals surface area (Å²) in [6.45, 7) is 6.10. The predicted molar refractivity (Wildman–Crippen MR) is 105 cm³/mol. The molecule has 2 heterocycles. The number of sulfone groups is 1. The van der Waals surface area contributed by atoms with Gasteiger partial charge in [-0.05, 0) is 24.6 Å². The van der Waals surface area contributed by atoms with Crippen LogP contribution >= 0.6 is 15.9 Å². The van der Waals surface area contributed by atoms with Crippen molar-refractivity contribution in [1.82, 2.24) is 9.78 Å². The first-order valence-corrected chi connectivity index (χ1v) is 11.0. The van der Waals surface area contributed by atoms with Gasteiger partial charge in [0, 0.05) is 21.5 Å². The first-order chi connectivity index (χ1) is 12.0. The average Bonchev–Trinajstić information content (AvgIpc) is 3.10. The van der Waals surface area contributed by atoms with Crippen LogP contribution in [0.2, 0.25) is 0 Å². The van der Waals surface area contributed by atoms with Crippen LogP contribution in [0.25, 0.3) is 0 Å². The zero-order valence-electron chi connectivity index (χ0n) is 15.0. The molecule has 6 nitrogen and oxygen atoms in total. The molecular formula is C18H22BrN3O3S. The van der Waals surface area contributed by atoms with Crippen LogP contribution in [-0.2, 0) is 15.3 Å². The molecule has 1 aromatic carbocycles. The van der Waals surface area contributed by atoms with E-state index in [1.54, 1.807) is 22.9 Å². The Balaban J connectivity index is 1.94. The molecule has 0 unspecified atom stereocenters. The summed E-state index contributed by atoms with van der Waals surface area (Å²) in [5.74, 6) is 0.482. The smallest absolute Gasteiger partial charge is 0.256 e. The van der Waals surface area contributed by atoms with E-state index in [-0.39, 0.29) is 28.9 Å². The van der Waals surface area contributed by atoms with Gasteiger partial charge in [0.2, 0.25) is 0 Å². The molecule has 0 bridgehead atoms. The Morgan fingerprint density at radius 3 is 2.62 bits per heavy atom. The van der Waals surface area contributed by atoms with Crippen LogP contribution in [0.4, 0.5) is 5.82 Å². The lowest BCUT2D eigenvalue weighted by molar-refractivity contribution is 0.102. The fourth-order valence-electron chi connectivity index (χ4n) is 2.92. The molecule has 1 saturated heterocycles. The molecule has 8 heteroatoms. The molecule has 3 rings (SSSR count). The van der Waals surface area contributed by atoms with Crippen molar-refractivity contribution in [1.29, 1.82) is 0 Å². The van der Waals surface area contributed by atoms with Gasteiger partial charge < -0.3 is 5.32 Å². The van der Waals surface area contributed by atoms with E-state index in [1.165, 1.54) is 0 Å². The number of nitrogens with zero attached hydrogens (tertiary/aromatic N) is 2. The number of anilines is 1. The lowest BCUT2D eigenvalue weighted by atomic mass is 9.92. The zero-order valence-corrected chi connectivity index (χ0v) is 17.4. The molecule has 0 aliphatic carbocycles. The summed E-state index contributed by atoms with van der Waals surface area (Å²) in [6, 6.07) is 8.68. The summed E-state index contributed by atoms with van der Waals surface area (Å²) < 4.78 is 26.2. The minimum Gasteiger partial charge on any atom is -0.307 e. The standard InChI is InChI=1S/C18H22BrN3O3S/c1-18(2,3)15-10-16(20-17(23)12-5-4-6-13(19)9-12)22(21-15)14-7-8-26(24,25)11-14/h4-6,9-10,14H,7-8,11H2,1-3H3,(H,20,23)/t14-/m0/s1. The van der Waals surface area contributed by atoms with Crippen LogP contribution in [0.15, 0.2) is 34.8 Å². The van der Waals surface area contributed by atoms with Crippen LogP contribution in [0, 0.1) is 0 Å². The van der Waals surface area contributed by atoms with E-state index in [2.05, 4.69) is 26.3 Å². The lowest BCUT2D eigenvalue weighted by Crippen LogP contribution is -2.20. The zero-order chi connectivity index (χ0) is 19.1. The third-order valence-corrected chi connectivity index (χ3v) is 6.63. The molecule has 1 N–H and O–H groups in total. The number of halogens is 1. The number of carbonyl (C=O) groups excluding carboxylic acids is 1. The predicted octanol–water partition coefficient (Wildman–Crippen LogP) is 3.56. The average molecular weight is 440 g/mol. The summed E-state index contributed by atoms with van der Waals surface area (Å²) in [7, 11) is -3.05. The van der Waals surface area contributed by atoms with Gasteiger partial charge in [0.05, 0.1) is 23.2 Å². The molecule has 140 valence electrons. The van der Waals surface area contributed by atoms with Gasteiger partial charge in [0.1, 0.15) is 5.82 Å². The number of rotatable bonds is 3. The number of aromatic nitrogens is 2. The summed E-state index contributed by atoms with van der Waals surface area (Å²) in [4.78, 5) is 12.6. The van der Waals surface area contributed by atoms with E-state index >= 15 is 0 Å². The highest BCUT2D eigenvalue weighted by atomic mass is 79.9. The Hall–Kier alpha value is -1.67.